The number of rotatable bonds is 3. The summed E-state index contributed by atoms with van der Waals surface area (Å²) in [6.07, 6.45) is 0.544. The zero-order valence-electron chi connectivity index (χ0n) is 10.5. The van der Waals surface area contributed by atoms with E-state index in [9.17, 15) is 4.79 Å². The predicted octanol–water partition coefficient (Wildman–Crippen LogP) is 2.84. The van der Waals surface area contributed by atoms with E-state index in [4.69, 9.17) is 9.84 Å². The van der Waals surface area contributed by atoms with E-state index in [1.165, 1.54) is 5.56 Å². The van der Waals surface area contributed by atoms with Gasteiger partial charge in [-0.15, -0.1) is 0 Å². The van der Waals surface area contributed by atoms with Gasteiger partial charge in [0, 0.05) is 11.5 Å². The summed E-state index contributed by atoms with van der Waals surface area (Å²) in [7, 11) is 0. The van der Waals surface area contributed by atoms with Crippen LogP contribution in [0.1, 0.15) is 37.8 Å². The van der Waals surface area contributed by atoms with E-state index in [0.29, 0.717) is 12.3 Å². The molecule has 1 heterocycles. The van der Waals surface area contributed by atoms with Crippen LogP contribution < -0.4 is 4.74 Å². The lowest BCUT2D eigenvalue weighted by Crippen LogP contribution is -2.26. The van der Waals surface area contributed by atoms with E-state index >= 15 is 0 Å². The fourth-order valence-corrected chi connectivity index (χ4v) is 2.11. The number of hydrogen-bond acceptors (Lipinski definition) is 2. The molecule has 3 nitrogen and oxygen atoms in total. The highest BCUT2D eigenvalue weighted by Crippen LogP contribution is 2.35. The zero-order valence-corrected chi connectivity index (χ0v) is 10.5. The lowest BCUT2D eigenvalue weighted by atomic mass is 9.85. The minimum absolute atomic E-state index is 0.401. The molecule has 92 valence electrons. The Morgan fingerprint density at radius 2 is 2.24 bits per heavy atom. The maximum absolute atomic E-state index is 11.1. The molecule has 1 unspecified atom stereocenters. The standard InChI is InChI=1S/C14H18O3/c1-9-8-17-12-5-4-10(6-11(9)12)7-14(2,3)13(15)16/h4-6,9H,7-8H2,1-3H3,(H,15,16). The molecule has 0 saturated carbocycles. The Labute approximate surface area is 101 Å². The molecular formula is C14H18O3. The number of benzene rings is 1. The first-order valence-electron chi connectivity index (χ1n) is 5.89. The molecule has 1 atom stereocenters. The first-order valence-corrected chi connectivity index (χ1v) is 5.89. The second-order valence-electron chi connectivity index (χ2n) is 5.45. The number of carboxylic acids is 1. The van der Waals surface area contributed by atoms with Gasteiger partial charge in [-0.1, -0.05) is 19.1 Å². The largest absolute Gasteiger partial charge is 0.493 e. The van der Waals surface area contributed by atoms with Crippen LogP contribution in [0.5, 0.6) is 5.75 Å². The highest BCUT2D eigenvalue weighted by molar-refractivity contribution is 5.74. The van der Waals surface area contributed by atoms with Crippen molar-refractivity contribution in [3.8, 4) is 5.75 Å². The van der Waals surface area contributed by atoms with Crippen molar-refractivity contribution in [2.45, 2.75) is 33.1 Å². The van der Waals surface area contributed by atoms with Gasteiger partial charge < -0.3 is 9.84 Å². The summed E-state index contributed by atoms with van der Waals surface area (Å²) in [4.78, 5) is 11.1. The Hall–Kier alpha value is -1.51. The third-order valence-electron chi connectivity index (χ3n) is 3.32. The number of aliphatic carboxylic acids is 1. The third-order valence-corrected chi connectivity index (χ3v) is 3.32. The lowest BCUT2D eigenvalue weighted by molar-refractivity contribution is -0.146. The van der Waals surface area contributed by atoms with Crippen LogP contribution in [0.15, 0.2) is 18.2 Å². The van der Waals surface area contributed by atoms with Crippen LogP contribution in [-0.4, -0.2) is 17.7 Å². The van der Waals surface area contributed by atoms with Crippen LogP contribution in [0.4, 0.5) is 0 Å². The summed E-state index contributed by atoms with van der Waals surface area (Å²) in [5.74, 6) is 0.578. The lowest BCUT2D eigenvalue weighted by Gasteiger charge is -2.19. The predicted molar refractivity (Wildman–Crippen MR) is 65.5 cm³/mol. The van der Waals surface area contributed by atoms with Crippen molar-refractivity contribution in [3.05, 3.63) is 29.3 Å². The minimum atomic E-state index is -0.762. The van der Waals surface area contributed by atoms with Crippen LogP contribution in [0.2, 0.25) is 0 Å². The first-order chi connectivity index (χ1) is 7.90. The minimum Gasteiger partial charge on any atom is -0.493 e. The fourth-order valence-electron chi connectivity index (χ4n) is 2.11. The summed E-state index contributed by atoms with van der Waals surface area (Å²) in [6.45, 7) is 6.35. The quantitative estimate of drug-likeness (QED) is 0.874. The molecule has 1 N–H and O–H groups in total. The van der Waals surface area contributed by atoms with E-state index in [1.807, 2.05) is 12.1 Å². The molecule has 0 aromatic heterocycles. The number of hydrogen-bond donors (Lipinski definition) is 1. The fraction of sp³-hybridized carbons (Fsp3) is 0.500. The number of fused-ring (bicyclic) bond motifs is 1. The Balaban J connectivity index is 2.24. The molecule has 1 aromatic rings. The molecule has 0 amide bonds. The highest BCUT2D eigenvalue weighted by atomic mass is 16.5. The van der Waals surface area contributed by atoms with Crippen molar-refractivity contribution in [2.75, 3.05) is 6.61 Å². The number of carboxylic acid groups (broad SMARTS) is 1. The van der Waals surface area contributed by atoms with E-state index in [2.05, 4.69) is 13.0 Å². The summed E-state index contributed by atoms with van der Waals surface area (Å²) >= 11 is 0. The van der Waals surface area contributed by atoms with Gasteiger partial charge in [-0.25, -0.2) is 0 Å². The van der Waals surface area contributed by atoms with Crippen molar-refractivity contribution >= 4 is 5.97 Å². The van der Waals surface area contributed by atoms with E-state index in [0.717, 1.165) is 17.9 Å². The number of carbonyl (C=O) groups is 1. The SMILES string of the molecule is CC1COc2ccc(CC(C)(C)C(=O)O)cc21. The molecule has 0 saturated heterocycles. The molecule has 0 aliphatic carbocycles. The zero-order chi connectivity index (χ0) is 12.6. The molecule has 0 fully saturated rings. The van der Waals surface area contributed by atoms with Gasteiger partial charge >= 0.3 is 5.97 Å². The van der Waals surface area contributed by atoms with Crippen molar-refractivity contribution in [1.29, 1.82) is 0 Å². The Morgan fingerprint density at radius 1 is 1.53 bits per heavy atom. The van der Waals surface area contributed by atoms with E-state index in [-0.39, 0.29) is 0 Å². The summed E-state index contributed by atoms with van der Waals surface area (Å²) < 4.78 is 5.53. The van der Waals surface area contributed by atoms with Crippen molar-refractivity contribution in [1.82, 2.24) is 0 Å². The third kappa shape index (κ3) is 2.28. The van der Waals surface area contributed by atoms with Crippen LogP contribution in [0, 0.1) is 5.41 Å². The van der Waals surface area contributed by atoms with E-state index < -0.39 is 11.4 Å². The van der Waals surface area contributed by atoms with Gasteiger partial charge in [0.05, 0.1) is 12.0 Å². The molecule has 0 bridgehead atoms. The summed E-state index contributed by atoms with van der Waals surface area (Å²) in [5.41, 5.74) is 1.54. The van der Waals surface area contributed by atoms with Crippen LogP contribution in [0.3, 0.4) is 0 Å². The smallest absolute Gasteiger partial charge is 0.309 e. The maximum Gasteiger partial charge on any atom is 0.309 e. The van der Waals surface area contributed by atoms with Gasteiger partial charge in [0.15, 0.2) is 0 Å². The summed E-state index contributed by atoms with van der Waals surface area (Å²) in [5, 5.41) is 9.12. The molecule has 3 heteroatoms. The summed E-state index contributed by atoms with van der Waals surface area (Å²) in [6, 6.07) is 5.99. The van der Waals surface area contributed by atoms with Crippen molar-refractivity contribution < 1.29 is 14.6 Å². The monoisotopic (exact) mass is 234 g/mol. The van der Waals surface area contributed by atoms with Crippen LogP contribution >= 0.6 is 0 Å². The molecule has 2 rings (SSSR count). The molecule has 17 heavy (non-hydrogen) atoms. The average molecular weight is 234 g/mol. The van der Waals surface area contributed by atoms with Gasteiger partial charge in [-0.3, -0.25) is 4.79 Å². The molecule has 1 aliphatic heterocycles. The molecule has 1 aromatic carbocycles. The highest BCUT2D eigenvalue weighted by Gasteiger charge is 2.28. The molecule has 0 radical (unpaired) electrons. The average Bonchev–Trinajstić information content (AvgIpc) is 2.60. The first kappa shape index (κ1) is 12.0. The van der Waals surface area contributed by atoms with Crippen molar-refractivity contribution in [3.63, 3.8) is 0 Å². The topological polar surface area (TPSA) is 46.5 Å². The normalized spacial score (nSPS) is 18.6. The van der Waals surface area contributed by atoms with Gasteiger partial charge in [-0.2, -0.15) is 0 Å². The Bertz CT molecular complexity index is 449. The molecule has 1 aliphatic rings. The van der Waals surface area contributed by atoms with Crippen molar-refractivity contribution in [2.24, 2.45) is 5.41 Å². The molecule has 0 spiro atoms. The van der Waals surface area contributed by atoms with Gasteiger partial charge in [-0.05, 0) is 31.9 Å². The maximum atomic E-state index is 11.1. The number of ether oxygens (including phenoxy) is 1. The van der Waals surface area contributed by atoms with Crippen LogP contribution in [-0.2, 0) is 11.2 Å². The second kappa shape index (κ2) is 4.06. The second-order valence-corrected chi connectivity index (χ2v) is 5.45. The van der Waals surface area contributed by atoms with Gasteiger partial charge in [0.1, 0.15) is 5.75 Å². The van der Waals surface area contributed by atoms with E-state index in [1.54, 1.807) is 13.8 Å². The van der Waals surface area contributed by atoms with Crippen LogP contribution in [0.25, 0.3) is 0 Å². The Kier molecular flexibility index (Phi) is 2.86. The van der Waals surface area contributed by atoms with Gasteiger partial charge in [0.2, 0.25) is 0 Å². The Morgan fingerprint density at radius 3 is 2.88 bits per heavy atom. The molecular weight excluding hydrogens is 216 g/mol. The van der Waals surface area contributed by atoms with Gasteiger partial charge in [0.25, 0.3) is 0 Å².